The number of allylic oxidation sites excluding steroid dienone is 1. The predicted octanol–water partition coefficient (Wildman–Crippen LogP) is 2.99. The average molecular weight is 404 g/mol. The van der Waals surface area contributed by atoms with Crippen LogP contribution in [0.3, 0.4) is 0 Å². The van der Waals surface area contributed by atoms with Crippen LogP contribution in [0.1, 0.15) is 34.0 Å². The Balaban J connectivity index is 1.37. The van der Waals surface area contributed by atoms with E-state index < -0.39 is 0 Å². The van der Waals surface area contributed by atoms with Crippen molar-refractivity contribution in [2.45, 2.75) is 20.3 Å². The summed E-state index contributed by atoms with van der Waals surface area (Å²) in [6, 6.07) is 7.38. The Bertz CT molecular complexity index is 1130. The smallest absolute Gasteiger partial charge is 0.256 e. The van der Waals surface area contributed by atoms with Gasteiger partial charge in [0.05, 0.1) is 35.0 Å². The van der Waals surface area contributed by atoms with Gasteiger partial charge in [-0.1, -0.05) is 18.2 Å². The van der Waals surface area contributed by atoms with E-state index in [4.69, 9.17) is 0 Å². The number of aromatic nitrogens is 5. The van der Waals surface area contributed by atoms with Crippen molar-refractivity contribution in [3.8, 4) is 5.69 Å². The summed E-state index contributed by atoms with van der Waals surface area (Å²) in [5.74, 6) is 0.826. The van der Waals surface area contributed by atoms with Gasteiger partial charge in [-0.25, -0.2) is 14.4 Å². The largest absolute Gasteiger partial charge is 0.338 e. The second-order valence-corrected chi connectivity index (χ2v) is 7.90. The van der Waals surface area contributed by atoms with Crippen LogP contribution in [-0.2, 0) is 0 Å². The summed E-state index contributed by atoms with van der Waals surface area (Å²) in [5, 5.41) is 8.32. The second kappa shape index (κ2) is 7.12. The van der Waals surface area contributed by atoms with Gasteiger partial charge in [0, 0.05) is 13.1 Å². The molecule has 2 aromatic heterocycles. The fourth-order valence-electron chi connectivity index (χ4n) is 4.43. The van der Waals surface area contributed by atoms with Gasteiger partial charge in [0.2, 0.25) is 0 Å². The molecule has 1 amide bonds. The number of benzene rings is 1. The molecule has 30 heavy (non-hydrogen) atoms. The van der Waals surface area contributed by atoms with Gasteiger partial charge in [-0.05, 0) is 49.8 Å². The zero-order valence-corrected chi connectivity index (χ0v) is 16.8. The molecule has 1 aliphatic heterocycles. The van der Waals surface area contributed by atoms with Gasteiger partial charge < -0.3 is 4.90 Å². The van der Waals surface area contributed by atoms with Crippen LogP contribution in [0.25, 0.3) is 11.3 Å². The molecule has 0 N–H and O–H groups in total. The molecule has 7 nitrogen and oxygen atoms in total. The van der Waals surface area contributed by atoms with Crippen molar-refractivity contribution in [2.24, 2.45) is 11.8 Å². The maximum atomic E-state index is 13.9. The minimum absolute atomic E-state index is 0.0167. The summed E-state index contributed by atoms with van der Waals surface area (Å²) >= 11 is 0. The molecule has 0 spiro atoms. The number of fused-ring (bicyclic) bond motifs is 1. The number of halogens is 1. The lowest BCUT2D eigenvalue weighted by Gasteiger charge is -2.19. The number of hydrogen-bond acceptors (Lipinski definition) is 5. The third-order valence-corrected chi connectivity index (χ3v) is 5.91. The van der Waals surface area contributed by atoms with Gasteiger partial charge in [-0.3, -0.25) is 4.79 Å². The first kappa shape index (κ1) is 18.6. The lowest BCUT2D eigenvalue weighted by Crippen LogP contribution is -2.30. The highest BCUT2D eigenvalue weighted by atomic mass is 19.1. The first-order valence-corrected chi connectivity index (χ1v) is 9.98. The molecule has 1 aromatic carbocycles. The van der Waals surface area contributed by atoms with E-state index in [-0.39, 0.29) is 17.6 Å². The number of rotatable bonds is 3. The van der Waals surface area contributed by atoms with E-state index in [2.05, 4.69) is 26.2 Å². The van der Waals surface area contributed by atoms with Crippen LogP contribution in [0.5, 0.6) is 0 Å². The predicted molar refractivity (Wildman–Crippen MR) is 108 cm³/mol. The number of carbonyl (C=O) groups excluding carboxylic acids is 1. The van der Waals surface area contributed by atoms with Crippen molar-refractivity contribution in [3.63, 3.8) is 0 Å². The van der Waals surface area contributed by atoms with Crippen LogP contribution < -0.4 is 0 Å². The SMILES string of the molecule is Cc1nc(C2=CC3CN(C(=O)c4ccccc4-n4nccn4)CC3C2)nc(C)c1F. The molecule has 0 bridgehead atoms. The van der Waals surface area contributed by atoms with Crippen molar-refractivity contribution in [1.29, 1.82) is 0 Å². The Morgan fingerprint density at radius 2 is 1.77 bits per heavy atom. The van der Waals surface area contributed by atoms with Crippen LogP contribution in [0, 0.1) is 31.5 Å². The van der Waals surface area contributed by atoms with E-state index in [1.807, 2.05) is 29.2 Å². The van der Waals surface area contributed by atoms with Crippen LogP contribution in [0.15, 0.2) is 42.7 Å². The minimum atomic E-state index is -0.348. The lowest BCUT2D eigenvalue weighted by atomic mass is 10.00. The van der Waals surface area contributed by atoms with E-state index in [0.717, 1.165) is 12.0 Å². The number of aryl methyl sites for hydroxylation is 2. The summed E-state index contributed by atoms with van der Waals surface area (Å²) in [5.41, 5.74) is 3.05. The van der Waals surface area contributed by atoms with Crippen molar-refractivity contribution in [3.05, 3.63) is 71.3 Å². The molecular weight excluding hydrogens is 383 g/mol. The fraction of sp³-hybridized carbons (Fsp3) is 0.318. The number of para-hydroxylation sites is 1. The zero-order chi connectivity index (χ0) is 20.8. The quantitative estimate of drug-likeness (QED) is 0.671. The third kappa shape index (κ3) is 3.08. The van der Waals surface area contributed by atoms with E-state index >= 15 is 0 Å². The third-order valence-electron chi connectivity index (χ3n) is 5.91. The summed E-state index contributed by atoms with van der Waals surface area (Å²) in [7, 11) is 0. The van der Waals surface area contributed by atoms with Gasteiger partial charge in [0.15, 0.2) is 11.6 Å². The summed E-state index contributed by atoms with van der Waals surface area (Å²) in [6.07, 6.45) is 6.13. The Morgan fingerprint density at radius 3 is 2.47 bits per heavy atom. The zero-order valence-electron chi connectivity index (χ0n) is 16.8. The number of carbonyl (C=O) groups is 1. The molecule has 1 fully saturated rings. The lowest BCUT2D eigenvalue weighted by molar-refractivity contribution is 0.0784. The first-order chi connectivity index (χ1) is 14.5. The molecule has 5 rings (SSSR count). The minimum Gasteiger partial charge on any atom is -0.338 e. The number of nitrogens with zero attached hydrogens (tertiary/aromatic N) is 6. The first-order valence-electron chi connectivity index (χ1n) is 9.98. The highest BCUT2D eigenvalue weighted by molar-refractivity contribution is 5.98. The van der Waals surface area contributed by atoms with Crippen LogP contribution in [0.4, 0.5) is 4.39 Å². The Labute approximate surface area is 173 Å². The molecule has 3 heterocycles. The normalized spacial score (nSPS) is 20.4. The maximum absolute atomic E-state index is 13.9. The molecule has 2 atom stereocenters. The monoisotopic (exact) mass is 404 g/mol. The molecule has 2 unspecified atom stereocenters. The maximum Gasteiger partial charge on any atom is 0.256 e. The van der Waals surface area contributed by atoms with Crippen LogP contribution >= 0.6 is 0 Å². The van der Waals surface area contributed by atoms with Gasteiger partial charge in [-0.15, -0.1) is 0 Å². The van der Waals surface area contributed by atoms with Gasteiger partial charge in [-0.2, -0.15) is 15.0 Å². The molecule has 8 heteroatoms. The number of amides is 1. The molecule has 0 saturated carbocycles. The van der Waals surface area contributed by atoms with Crippen LogP contribution in [0.2, 0.25) is 0 Å². The highest BCUT2D eigenvalue weighted by Gasteiger charge is 2.39. The molecule has 1 saturated heterocycles. The fourth-order valence-corrected chi connectivity index (χ4v) is 4.43. The molecule has 3 aromatic rings. The van der Waals surface area contributed by atoms with E-state index in [0.29, 0.717) is 47.5 Å². The Hall–Kier alpha value is -3.42. The van der Waals surface area contributed by atoms with Crippen molar-refractivity contribution < 1.29 is 9.18 Å². The number of likely N-dealkylation sites (tertiary alicyclic amines) is 1. The summed E-state index contributed by atoms with van der Waals surface area (Å²) in [4.78, 5) is 25.3. The summed E-state index contributed by atoms with van der Waals surface area (Å²) in [6.45, 7) is 4.64. The highest BCUT2D eigenvalue weighted by Crippen LogP contribution is 2.40. The van der Waals surface area contributed by atoms with Gasteiger partial charge >= 0.3 is 0 Å². The molecule has 1 aliphatic carbocycles. The van der Waals surface area contributed by atoms with Crippen molar-refractivity contribution in [1.82, 2.24) is 29.9 Å². The van der Waals surface area contributed by atoms with Crippen molar-refractivity contribution >= 4 is 11.5 Å². The van der Waals surface area contributed by atoms with Gasteiger partial charge in [0.1, 0.15) is 0 Å². The molecule has 152 valence electrons. The second-order valence-electron chi connectivity index (χ2n) is 7.90. The number of hydrogen-bond donors (Lipinski definition) is 0. The Kier molecular flexibility index (Phi) is 4.42. The van der Waals surface area contributed by atoms with E-state index in [1.54, 1.807) is 26.2 Å². The average Bonchev–Trinajstić information content (AvgIpc) is 3.47. The van der Waals surface area contributed by atoms with E-state index in [1.165, 1.54) is 4.80 Å². The molecule has 0 radical (unpaired) electrons. The summed E-state index contributed by atoms with van der Waals surface area (Å²) < 4.78 is 13.9. The van der Waals surface area contributed by atoms with Crippen LogP contribution in [-0.4, -0.2) is 48.9 Å². The molecular formula is C22H21FN6O. The standard InChI is InChI=1S/C22H21FN6O/c1-13-20(23)14(2)27-21(26-13)15-9-16-11-28(12-17(16)10-15)22(30)18-5-3-4-6-19(18)29-24-7-8-25-29/h3-9,16-17H,10-12H2,1-2H3. The Morgan fingerprint density at radius 1 is 1.07 bits per heavy atom. The molecule has 2 aliphatic rings. The van der Waals surface area contributed by atoms with Crippen molar-refractivity contribution in [2.75, 3.05) is 13.1 Å². The topological polar surface area (TPSA) is 76.8 Å². The van der Waals surface area contributed by atoms with Gasteiger partial charge in [0.25, 0.3) is 5.91 Å². The van der Waals surface area contributed by atoms with E-state index in [9.17, 15) is 9.18 Å².